The molecule has 0 bridgehead atoms. The number of hydrogen-bond donors (Lipinski definition) is 2. The van der Waals surface area contributed by atoms with Gasteiger partial charge in [-0.2, -0.15) is 4.98 Å². The largest absolute Gasteiger partial charge is 0.383 e. The lowest BCUT2D eigenvalue weighted by Crippen LogP contribution is -2.07. The highest BCUT2D eigenvalue weighted by Gasteiger charge is 2.22. The molecule has 4 nitrogen and oxygen atoms in total. The first-order valence-electron chi connectivity index (χ1n) is 5.88. The Bertz CT molecular complexity index is 581. The molecular formula is C13H13BrN4. The van der Waals surface area contributed by atoms with E-state index in [1.54, 1.807) is 6.20 Å². The summed E-state index contributed by atoms with van der Waals surface area (Å²) in [7, 11) is 0. The van der Waals surface area contributed by atoms with E-state index in [0.29, 0.717) is 17.8 Å². The zero-order valence-electron chi connectivity index (χ0n) is 9.73. The van der Waals surface area contributed by atoms with Crippen molar-refractivity contribution in [1.29, 1.82) is 0 Å². The molecule has 3 N–H and O–H groups in total. The number of nitrogens with zero attached hydrogens (tertiary/aromatic N) is 2. The topological polar surface area (TPSA) is 63.8 Å². The Hall–Kier alpha value is -1.62. The number of rotatable bonds is 3. The smallest absolute Gasteiger partial charge is 0.224 e. The highest BCUT2D eigenvalue weighted by molar-refractivity contribution is 9.10. The molecule has 0 amide bonds. The van der Waals surface area contributed by atoms with Crippen LogP contribution in [0.5, 0.6) is 0 Å². The molecule has 5 heteroatoms. The van der Waals surface area contributed by atoms with Gasteiger partial charge in [-0.3, -0.25) is 0 Å². The average molecular weight is 305 g/mol. The minimum Gasteiger partial charge on any atom is -0.383 e. The summed E-state index contributed by atoms with van der Waals surface area (Å²) in [6, 6.07) is 8.43. The van der Waals surface area contributed by atoms with Gasteiger partial charge in [0, 0.05) is 27.8 Å². The van der Waals surface area contributed by atoms with Crippen LogP contribution in [0.25, 0.3) is 11.1 Å². The zero-order chi connectivity index (χ0) is 12.5. The van der Waals surface area contributed by atoms with Crippen molar-refractivity contribution < 1.29 is 0 Å². The van der Waals surface area contributed by atoms with Gasteiger partial charge in [0.15, 0.2) is 0 Å². The molecule has 92 valence electrons. The van der Waals surface area contributed by atoms with Crippen LogP contribution in [0.1, 0.15) is 12.8 Å². The molecule has 1 aliphatic rings. The molecular weight excluding hydrogens is 292 g/mol. The summed E-state index contributed by atoms with van der Waals surface area (Å²) in [5.74, 6) is 1.12. The van der Waals surface area contributed by atoms with E-state index in [-0.39, 0.29) is 0 Å². The van der Waals surface area contributed by atoms with Crippen LogP contribution in [0, 0.1) is 0 Å². The fourth-order valence-corrected chi connectivity index (χ4v) is 2.26. The van der Waals surface area contributed by atoms with Crippen molar-refractivity contribution in [2.45, 2.75) is 18.9 Å². The molecule has 1 aromatic heterocycles. The number of anilines is 2. The SMILES string of the molecule is Nc1nc(NC2CC2)ncc1-c1ccccc1Br. The predicted molar refractivity (Wildman–Crippen MR) is 76.2 cm³/mol. The Labute approximate surface area is 114 Å². The van der Waals surface area contributed by atoms with Crippen molar-refractivity contribution in [3.05, 3.63) is 34.9 Å². The van der Waals surface area contributed by atoms with E-state index in [1.165, 1.54) is 12.8 Å². The molecule has 1 aromatic carbocycles. The van der Waals surface area contributed by atoms with Crippen LogP contribution in [-0.2, 0) is 0 Å². The van der Waals surface area contributed by atoms with Gasteiger partial charge in [-0.05, 0) is 18.9 Å². The Morgan fingerprint density at radius 2 is 2.00 bits per heavy atom. The highest BCUT2D eigenvalue weighted by atomic mass is 79.9. The van der Waals surface area contributed by atoms with E-state index in [4.69, 9.17) is 5.73 Å². The van der Waals surface area contributed by atoms with Gasteiger partial charge in [-0.1, -0.05) is 34.1 Å². The van der Waals surface area contributed by atoms with Crippen LogP contribution < -0.4 is 11.1 Å². The summed E-state index contributed by atoms with van der Waals surface area (Å²) >= 11 is 3.51. The number of halogens is 1. The van der Waals surface area contributed by atoms with Crippen LogP contribution in [0.4, 0.5) is 11.8 Å². The second kappa shape index (κ2) is 4.57. The Kier molecular flexibility index (Phi) is 2.91. The lowest BCUT2D eigenvalue weighted by atomic mass is 10.1. The molecule has 2 aromatic rings. The van der Waals surface area contributed by atoms with Crippen LogP contribution in [0.3, 0.4) is 0 Å². The maximum Gasteiger partial charge on any atom is 0.224 e. The first-order valence-corrected chi connectivity index (χ1v) is 6.67. The predicted octanol–water partition coefficient (Wildman–Crippen LogP) is 3.06. The van der Waals surface area contributed by atoms with Crippen LogP contribution in [0.15, 0.2) is 34.9 Å². The van der Waals surface area contributed by atoms with Crippen molar-refractivity contribution >= 4 is 27.7 Å². The number of nitrogen functional groups attached to an aromatic ring is 1. The zero-order valence-corrected chi connectivity index (χ0v) is 11.3. The fourth-order valence-electron chi connectivity index (χ4n) is 1.76. The van der Waals surface area contributed by atoms with E-state index in [2.05, 4.69) is 31.2 Å². The van der Waals surface area contributed by atoms with Gasteiger partial charge in [-0.25, -0.2) is 4.98 Å². The van der Waals surface area contributed by atoms with E-state index in [1.807, 2.05) is 24.3 Å². The fraction of sp³-hybridized carbons (Fsp3) is 0.231. The standard InChI is InChI=1S/C13H13BrN4/c14-11-4-2-1-3-9(11)10-7-16-13(18-12(10)15)17-8-5-6-8/h1-4,7-8H,5-6H2,(H3,15,16,17,18). The number of nitrogens with two attached hydrogens (primary N) is 1. The average Bonchev–Trinajstić information content (AvgIpc) is 3.15. The molecule has 0 radical (unpaired) electrons. The highest BCUT2D eigenvalue weighted by Crippen LogP contribution is 2.31. The van der Waals surface area contributed by atoms with Gasteiger partial charge < -0.3 is 11.1 Å². The minimum absolute atomic E-state index is 0.500. The quantitative estimate of drug-likeness (QED) is 0.915. The summed E-state index contributed by atoms with van der Waals surface area (Å²) in [5, 5.41) is 3.24. The van der Waals surface area contributed by atoms with E-state index in [0.717, 1.165) is 15.6 Å². The molecule has 1 aliphatic carbocycles. The molecule has 1 heterocycles. The van der Waals surface area contributed by atoms with Gasteiger partial charge in [0.1, 0.15) is 5.82 Å². The van der Waals surface area contributed by atoms with Gasteiger partial charge >= 0.3 is 0 Å². The number of hydrogen-bond acceptors (Lipinski definition) is 4. The second-order valence-corrected chi connectivity index (χ2v) is 5.25. The van der Waals surface area contributed by atoms with Gasteiger partial charge in [0.25, 0.3) is 0 Å². The Balaban J connectivity index is 1.95. The van der Waals surface area contributed by atoms with Crippen LogP contribution in [-0.4, -0.2) is 16.0 Å². The Morgan fingerprint density at radius 3 is 2.67 bits per heavy atom. The lowest BCUT2D eigenvalue weighted by Gasteiger charge is -2.09. The monoisotopic (exact) mass is 304 g/mol. The van der Waals surface area contributed by atoms with Gasteiger partial charge in [-0.15, -0.1) is 0 Å². The molecule has 0 atom stereocenters. The van der Waals surface area contributed by atoms with Crippen molar-refractivity contribution in [1.82, 2.24) is 9.97 Å². The summed E-state index contributed by atoms with van der Waals surface area (Å²) < 4.78 is 0.989. The first-order chi connectivity index (χ1) is 8.74. The van der Waals surface area contributed by atoms with Crippen molar-refractivity contribution in [2.24, 2.45) is 0 Å². The summed E-state index contributed by atoms with van der Waals surface area (Å²) in [5.41, 5.74) is 7.86. The maximum absolute atomic E-state index is 6.01. The van der Waals surface area contributed by atoms with E-state index in [9.17, 15) is 0 Å². The minimum atomic E-state index is 0.500. The van der Waals surface area contributed by atoms with Crippen molar-refractivity contribution in [2.75, 3.05) is 11.1 Å². The van der Waals surface area contributed by atoms with Crippen LogP contribution >= 0.6 is 15.9 Å². The molecule has 0 unspecified atom stereocenters. The third-order valence-electron chi connectivity index (χ3n) is 2.89. The number of aromatic nitrogens is 2. The van der Waals surface area contributed by atoms with Crippen molar-refractivity contribution in [3.63, 3.8) is 0 Å². The molecule has 3 rings (SSSR count). The second-order valence-electron chi connectivity index (χ2n) is 4.39. The maximum atomic E-state index is 6.01. The molecule has 1 fully saturated rings. The van der Waals surface area contributed by atoms with E-state index >= 15 is 0 Å². The van der Waals surface area contributed by atoms with Crippen molar-refractivity contribution in [3.8, 4) is 11.1 Å². The Morgan fingerprint density at radius 1 is 1.22 bits per heavy atom. The molecule has 0 saturated heterocycles. The molecule has 1 saturated carbocycles. The normalized spacial score (nSPS) is 14.5. The number of benzene rings is 1. The van der Waals surface area contributed by atoms with E-state index < -0.39 is 0 Å². The summed E-state index contributed by atoms with van der Waals surface area (Å²) in [4.78, 5) is 8.62. The molecule has 0 spiro atoms. The third-order valence-corrected chi connectivity index (χ3v) is 3.58. The molecule has 18 heavy (non-hydrogen) atoms. The summed E-state index contributed by atoms with van der Waals surface area (Å²) in [6.45, 7) is 0. The van der Waals surface area contributed by atoms with Gasteiger partial charge in [0.05, 0.1) is 0 Å². The molecule has 0 aliphatic heterocycles. The first kappa shape index (κ1) is 11.5. The van der Waals surface area contributed by atoms with Gasteiger partial charge in [0.2, 0.25) is 5.95 Å². The third kappa shape index (κ3) is 2.31. The lowest BCUT2D eigenvalue weighted by molar-refractivity contribution is 1.06. The van der Waals surface area contributed by atoms with Crippen LogP contribution in [0.2, 0.25) is 0 Å². The summed E-state index contributed by atoms with van der Waals surface area (Å²) in [6.07, 6.45) is 4.15. The number of nitrogens with one attached hydrogen (secondary N) is 1.